The van der Waals surface area contributed by atoms with Crippen molar-refractivity contribution in [3.05, 3.63) is 35.4 Å². The van der Waals surface area contributed by atoms with E-state index >= 15 is 0 Å². The van der Waals surface area contributed by atoms with Gasteiger partial charge in [-0.3, -0.25) is 4.79 Å². The first-order valence-electron chi connectivity index (χ1n) is 6.02. The third-order valence-electron chi connectivity index (χ3n) is 2.53. The molecule has 1 aromatic carbocycles. The summed E-state index contributed by atoms with van der Waals surface area (Å²) >= 11 is 0. The third kappa shape index (κ3) is 5.50. The topological polar surface area (TPSA) is 38.3 Å². The first kappa shape index (κ1) is 13.7. The van der Waals surface area contributed by atoms with Crippen LogP contribution in [0, 0.1) is 6.92 Å². The number of carbonyl (C=O) groups is 1. The van der Waals surface area contributed by atoms with Gasteiger partial charge in [0, 0.05) is 6.54 Å². The summed E-state index contributed by atoms with van der Waals surface area (Å²) in [6.45, 7) is 6.72. The summed E-state index contributed by atoms with van der Waals surface area (Å²) in [7, 11) is 0. The van der Waals surface area contributed by atoms with Gasteiger partial charge in [0.05, 0.1) is 6.10 Å². The highest BCUT2D eigenvalue weighted by Gasteiger charge is 2.03. The molecule has 0 bridgehead atoms. The number of ether oxygens (including phenoxy) is 1. The van der Waals surface area contributed by atoms with E-state index in [4.69, 9.17) is 4.74 Å². The van der Waals surface area contributed by atoms with E-state index in [2.05, 4.69) is 24.4 Å². The van der Waals surface area contributed by atoms with Crippen LogP contribution >= 0.6 is 0 Å². The molecule has 0 saturated heterocycles. The second-order valence-corrected chi connectivity index (χ2v) is 4.39. The zero-order chi connectivity index (χ0) is 12.7. The summed E-state index contributed by atoms with van der Waals surface area (Å²) in [4.78, 5) is 11.4. The van der Waals surface area contributed by atoms with E-state index in [0.29, 0.717) is 6.54 Å². The van der Waals surface area contributed by atoms with Gasteiger partial charge in [0.2, 0.25) is 5.91 Å². The molecule has 17 heavy (non-hydrogen) atoms. The molecule has 94 valence electrons. The Morgan fingerprint density at radius 1 is 1.35 bits per heavy atom. The van der Waals surface area contributed by atoms with Gasteiger partial charge in [-0.15, -0.1) is 0 Å². The number of aryl methyl sites for hydroxylation is 1. The summed E-state index contributed by atoms with van der Waals surface area (Å²) in [6.07, 6.45) is 0.956. The van der Waals surface area contributed by atoms with Crippen molar-refractivity contribution in [2.24, 2.45) is 0 Å². The van der Waals surface area contributed by atoms with Gasteiger partial charge in [-0.2, -0.15) is 0 Å². The van der Waals surface area contributed by atoms with Crippen LogP contribution in [0.5, 0.6) is 0 Å². The van der Waals surface area contributed by atoms with Gasteiger partial charge in [0.25, 0.3) is 0 Å². The smallest absolute Gasteiger partial charge is 0.246 e. The molecule has 1 N–H and O–H groups in total. The molecule has 3 nitrogen and oxygen atoms in total. The molecule has 0 aliphatic heterocycles. The molecule has 1 rings (SSSR count). The minimum atomic E-state index is -0.0488. The number of benzene rings is 1. The molecule has 0 saturated carbocycles. The average Bonchev–Trinajstić information content (AvgIpc) is 2.29. The second-order valence-electron chi connectivity index (χ2n) is 4.39. The second kappa shape index (κ2) is 7.07. The van der Waals surface area contributed by atoms with E-state index in [9.17, 15) is 4.79 Å². The van der Waals surface area contributed by atoms with Gasteiger partial charge in [0.1, 0.15) is 6.61 Å². The average molecular weight is 235 g/mol. The molecular formula is C14H21NO2. The molecule has 0 fully saturated rings. The summed E-state index contributed by atoms with van der Waals surface area (Å²) in [5.41, 5.74) is 2.54. The van der Waals surface area contributed by atoms with Gasteiger partial charge in [-0.25, -0.2) is 0 Å². The highest BCUT2D eigenvalue weighted by molar-refractivity contribution is 5.77. The van der Waals surface area contributed by atoms with Crippen LogP contribution in [0.2, 0.25) is 0 Å². The summed E-state index contributed by atoms with van der Waals surface area (Å²) in [5, 5.41) is 2.85. The molecule has 1 aromatic rings. The van der Waals surface area contributed by atoms with Gasteiger partial charge in [0.15, 0.2) is 0 Å². The van der Waals surface area contributed by atoms with Crippen molar-refractivity contribution >= 4 is 5.91 Å². The van der Waals surface area contributed by atoms with Gasteiger partial charge >= 0.3 is 0 Å². The van der Waals surface area contributed by atoms with E-state index in [-0.39, 0.29) is 18.6 Å². The van der Waals surface area contributed by atoms with Crippen LogP contribution in [-0.4, -0.2) is 25.2 Å². The standard InChI is InChI=1S/C14H21NO2/c1-11(2)17-10-14(16)15-9-8-13-7-5-4-6-12(13)3/h4-7,11H,8-10H2,1-3H3,(H,15,16). The lowest BCUT2D eigenvalue weighted by molar-refractivity contribution is -0.127. The van der Waals surface area contributed by atoms with Crippen LogP contribution in [0.25, 0.3) is 0 Å². The molecular weight excluding hydrogens is 214 g/mol. The zero-order valence-electron chi connectivity index (χ0n) is 10.8. The number of hydrogen-bond acceptors (Lipinski definition) is 2. The summed E-state index contributed by atoms with van der Waals surface area (Å²) in [5.74, 6) is -0.0488. The summed E-state index contributed by atoms with van der Waals surface area (Å²) in [6, 6.07) is 8.21. The minimum Gasteiger partial charge on any atom is -0.369 e. The maximum absolute atomic E-state index is 11.4. The van der Waals surface area contributed by atoms with E-state index < -0.39 is 0 Å². The highest BCUT2D eigenvalue weighted by atomic mass is 16.5. The lowest BCUT2D eigenvalue weighted by Crippen LogP contribution is -2.30. The third-order valence-corrected chi connectivity index (χ3v) is 2.53. The van der Waals surface area contributed by atoms with Crippen molar-refractivity contribution in [2.45, 2.75) is 33.3 Å². The Kier molecular flexibility index (Phi) is 5.70. The number of nitrogens with one attached hydrogen (secondary N) is 1. The predicted octanol–water partition coefficient (Wildman–Crippen LogP) is 2.08. The van der Waals surface area contributed by atoms with E-state index in [1.807, 2.05) is 26.0 Å². The van der Waals surface area contributed by atoms with Crippen LogP contribution in [0.1, 0.15) is 25.0 Å². The Morgan fingerprint density at radius 3 is 2.71 bits per heavy atom. The Labute approximate surface area is 103 Å². The molecule has 0 aromatic heterocycles. The Morgan fingerprint density at radius 2 is 2.06 bits per heavy atom. The number of amides is 1. The van der Waals surface area contributed by atoms with Crippen molar-refractivity contribution in [3.8, 4) is 0 Å². The molecule has 0 atom stereocenters. The van der Waals surface area contributed by atoms with Crippen LogP contribution in [-0.2, 0) is 16.0 Å². The molecule has 0 radical (unpaired) electrons. The molecule has 1 amide bonds. The van der Waals surface area contributed by atoms with E-state index in [0.717, 1.165) is 6.42 Å². The Balaban J connectivity index is 2.24. The predicted molar refractivity (Wildman–Crippen MR) is 69.0 cm³/mol. The quantitative estimate of drug-likeness (QED) is 0.820. The largest absolute Gasteiger partial charge is 0.369 e. The Hall–Kier alpha value is -1.35. The number of hydrogen-bond donors (Lipinski definition) is 1. The molecule has 0 aliphatic carbocycles. The number of carbonyl (C=O) groups excluding carboxylic acids is 1. The van der Waals surface area contributed by atoms with Gasteiger partial charge in [-0.05, 0) is 38.3 Å². The highest BCUT2D eigenvalue weighted by Crippen LogP contribution is 2.06. The zero-order valence-corrected chi connectivity index (χ0v) is 10.8. The molecule has 0 unspecified atom stereocenters. The van der Waals surface area contributed by atoms with Crippen molar-refractivity contribution in [3.63, 3.8) is 0 Å². The fraction of sp³-hybridized carbons (Fsp3) is 0.500. The lowest BCUT2D eigenvalue weighted by Gasteiger charge is -2.09. The normalized spacial score (nSPS) is 10.6. The van der Waals surface area contributed by atoms with E-state index in [1.54, 1.807) is 0 Å². The fourth-order valence-corrected chi connectivity index (χ4v) is 1.52. The van der Waals surface area contributed by atoms with Crippen molar-refractivity contribution in [2.75, 3.05) is 13.2 Å². The van der Waals surface area contributed by atoms with Crippen LogP contribution < -0.4 is 5.32 Å². The molecule has 0 spiro atoms. The fourth-order valence-electron chi connectivity index (χ4n) is 1.52. The first-order valence-corrected chi connectivity index (χ1v) is 6.02. The van der Waals surface area contributed by atoms with Gasteiger partial charge < -0.3 is 10.1 Å². The van der Waals surface area contributed by atoms with Gasteiger partial charge in [-0.1, -0.05) is 24.3 Å². The van der Waals surface area contributed by atoms with E-state index in [1.165, 1.54) is 11.1 Å². The minimum absolute atomic E-state index is 0.0488. The van der Waals surface area contributed by atoms with Crippen molar-refractivity contribution in [1.82, 2.24) is 5.32 Å². The first-order chi connectivity index (χ1) is 8.09. The number of rotatable bonds is 6. The van der Waals surface area contributed by atoms with Crippen molar-refractivity contribution < 1.29 is 9.53 Å². The maximum atomic E-state index is 11.4. The van der Waals surface area contributed by atoms with Crippen LogP contribution in [0.4, 0.5) is 0 Å². The molecule has 0 aliphatic rings. The Bertz CT molecular complexity index is 361. The van der Waals surface area contributed by atoms with Crippen LogP contribution in [0.15, 0.2) is 24.3 Å². The lowest BCUT2D eigenvalue weighted by atomic mass is 10.1. The van der Waals surface area contributed by atoms with Crippen LogP contribution in [0.3, 0.4) is 0 Å². The monoisotopic (exact) mass is 235 g/mol. The maximum Gasteiger partial charge on any atom is 0.246 e. The van der Waals surface area contributed by atoms with Crippen molar-refractivity contribution in [1.29, 1.82) is 0 Å². The SMILES string of the molecule is Cc1ccccc1CCNC(=O)COC(C)C. The summed E-state index contributed by atoms with van der Waals surface area (Å²) < 4.78 is 5.22. The molecule has 3 heteroatoms. The molecule has 0 heterocycles.